The second-order valence-electron chi connectivity index (χ2n) is 4.39. The van der Waals surface area contributed by atoms with Crippen molar-refractivity contribution in [3.8, 4) is 0 Å². The zero-order chi connectivity index (χ0) is 15.8. The molecule has 21 heavy (non-hydrogen) atoms. The molecule has 1 unspecified atom stereocenters. The standard InChI is InChI=1S/C14H28BrNO5/c1-3-4-6-19-8-10-21-11-9-20-7-5-16-12-13(15)14(17)18-2/h13,16H,3-12H2,1-2H3. The summed E-state index contributed by atoms with van der Waals surface area (Å²) >= 11 is 3.23. The zero-order valence-corrected chi connectivity index (χ0v) is 14.7. The molecule has 0 bridgehead atoms. The molecular formula is C14H28BrNO5. The van der Waals surface area contributed by atoms with Crippen molar-refractivity contribution < 1.29 is 23.7 Å². The molecule has 126 valence electrons. The number of hydrogen-bond acceptors (Lipinski definition) is 6. The Bertz CT molecular complexity index is 243. The first-order chi connectivity index (χ1) is 10.2. The van der Waals surface area contributed by atoms with Crippen molar-refractivity contribution >= 4 is 21.9 Å². The number of nitrogens with one attached hydrogen (secondary N) is 1. The van der Waals surface area contributed by atoms with Gasteiger partial charge in [-0.2, -0.15) is 0 Å². The van der Waals surface area contributed by atoms with E-state index >= 15 is 0 Å². The highest BCUT2D eigenvalue weighted by Gasteiger charge is 2.13. The van der Waals surface area contributed by atoms with Crippen molar-refractivity contribution in [3.05, 3.63) is 0 Å². The Morgan fingerprint density at radius 3 is 2.19 bits per heavy atom. The number of ether oxygens (including phenoxy) is 4. The molecule has 1 atom stereocenters. The van der Waals surface area contributed by atoms with Gasteiger partial charge in [0.05, 0.1) is 40.1 Å². The quantitative estimate of drug-likeness (QED) is 0.267. The Labute approximate surface area is 136 Å². The zero-order valence-electron chi connectivity index (χ0n) is 13.1. The van der Waals surface area contributed by atoms with E-state index in [1.807, 2.05) is 0 Å². The summed E-state index contributed by atoms with van der Waals surface area (Å²) in [5.74, 6) is -0.280. The molecule has 0 aliphatic rings. The van der Waals surface area contributed by atoms with Crippen LogP contribution >= 0.6 is 15.9 Å². The van der Waals surface area contributed by atoms with Crippen molar-refractivity contribution in [2.75, 3.05) is 59.8 Å². The van der Waals surface area contributed by atoms with Crippen LogP contribution in [-0.2, 0) is 23.7 Å². The van der Waals surface area contributed by atoms with E-state index in [-0.39, 0.29) is 10.8 Å². The molecule has 0 saturated heterocycles. The molecule has 1 N–H and O–H groups in total. The van der Waals surface area contributed by atoms with Gasteiger partial charge in [0.1, 0.15) is 4.83 Å². The lowest BCUT2D eigenvalue weighted by Gasteiger charge is -2.09. The third-order valence-corrected chi connectivity index (χ3v) is 3.29. The molecular weight excluding hydrogens is 342 g/mol. The van der Waals surface area contributed by atoms with Crippen LogP contribution in [-0.4, -0.2) is 70.6 Å². The van der Waals surface area contributed by atoms with Gasteiger partial charge in [0.25, 0.3) is 0 Å². The van der Waals surface area contributed by atoms with E-state index in [2.05, 4.69) is 32.9 Å². The summed E-state index contributed by atoms with van der Waals surface area (Å²) in [6.07, 6.45) is 2.25. The molecule has 0 saturated carbocycles. The van der Waals surface area contributed by atoms with Crippen LogP contribution in [0.25, 0.3) is 0 Å². The number of rotatable bonds is 15. The van der Waals surface area contributed by atoms with E-state index in [4.69, 9.17) is 14.2 Å². The van der Waals surface area contributed by atoms with Crippen molar-refractivity contribution in [3.63, 3.8) is 0 Å². The summed E-state index contributed by atoms with van der Waals surface area (Å²) < 4.78 is 20.7. The first-order valence-corrected chi connectivity index (χ1v) is 8.29. The minimum absolute atomic E-state index is 0.280. The number of carbonyl (C=O) groups excluding carboxylic acids is 1. The van der Waals surface area contributed by atoms with E-state index in [1.165, 1.54) is 7.11 Å². The molecule has 0 radical (unpaired) electrons. The van der Waals surface area contributed by atoms with E-state index < -0.39 is 0 Å². The van der Waals surface area contributed by atoms with Crippen LogP contribution < -0.4 is 5.32 Å². The van der Waals surface area contributed by atoms with Gasteiger partial charge in [-0.25, -0.2) is 0 Å². The van der Waals surface area contributed by atoms with Gasteiger partial charge in [0, 0.05) is 19.7 Å². The lowest BCUT2D eigenvalue weighted by Crippen LogP contribution is -2.31. The minimum atomic E-state index is -0.321. The topological polar surface area (TPSA) is 66.0 Å². The van der Waals surface area contributed by atoms with Crippen molar-refractivity contribution in [1.82, 2.24) is 5.32 Å². The number of alkyl halides is 1. The van der Waals surface area contributed by atoms with Crippen molar-refractivity contribution in [2.45, 2.75) is 24.6 Å². The van der Waals surface area contributed by atoms with Gasteiger partial charge in [0.15, 0.2) is 0 Å². The first-order valence-electron chi connectivity index (χ1n) is 7.38. The fraction of sp³-hybridized carbons (Fsp3) is 0.929. The molecule has 0 aliphatic carbocycles. The van der Waals surface area contributed by atoms with Gasteiger partial charge < -0.3 is 24.3 Å². The summed E-state index contributed by atoms with van der Waals surface area (Å²) in [4.78, 5) is 10.8. The van der Waals surface area contributed by atoms with Crippen LogP contribution in [0.3, 0.4) is 0 Å². The third kappa shape index (κ3) is 14.5. The Balaban J connectivity index is 3.11. The summed E-state index contributed by atoms with van der Waals surface area (Å²) in [6, 6.07) is 0. The summed E-state index contributed by atoms with van der Waals surface area (Å²) in [5.41, 5.74) is 0. The maximum atomic E-state index is 11.1. The molecule has 0 aromatic rings. The predicted octanol–water partition coefficient (Wildman–Crippen LogP) is 1.36. The second kappa shape index (κ2) is 16.2. The molecule has 6 nitrogen and oxygen atoms in total. The highest BCUT2D eigenvalue weighted by molar-refractivity contribution is 9.10. The average Bonchev–Trinajstić information content (AvgIpc) is 2.50. The number of halogens is 1. The van der Waals surface area contributed by atoms with Gasteiger partial charge in [-0.15, -0.1) is 0 Å². The van der Waals surface area contributed by atoms with Crippen LogP contribution in [0.4, 0.5) is 0 Å². The smallest absolute Gasteiger partial charge is 0.320 e. The van der Waals surface area contributed by atoms with E-state index in [0.29, 0.717) is 46.1 Å². The monoisotopic (exact) mass is 369 g/mol. The van der Waals surface area contributed by atoms with Crippen LogP contribution in [0.15, 0.2) is 0 Å². The van der Waals surface area contributed by atoms with Gasteiger partial charge in [-0.3, -0.25) is 4.79 Å². The Morgan fingerprint density at radius 2 is 1.62 bits per heavy atom. The average molecular weight is 370 g/mol. The molecule has 0 spiro atoms. The molecule has 0 aromatic heterocycles. The molecule has 0 heterocycles. The maximum absolute atomic E-state index is 11.1. The van der Waals surface area contributed by atoms with Crippen molar-refractivity contribution in [1.29, 1.82) is 0 Å². The maximum Gasteiger partial charge on any atom is 0.320 e. The summed E-state index contributed by atoms with van der Waals surface area (Å²) in [7, 11) is 1.37. The normalized spacial score (nSPS) is 12.3. The fourth-order valence-electron chi connectivity index (χ4n) is 1.37. The summed E-state index contributed by atoms with van der Waals surface area (Å²) in [5, 5.41) is 3.10. The minimum Gasteiger partial charge on any atom is -0.468 e. The van der Waals surface area contributed by atoms with Crippen LogP contribution in [0.2, 0.25) is 0 Å². The number of hydrogen-bond donors (Lipinski definition) is 1. The Hall–Kier alpha value is -0.210. The number of esters is 1. The molecule has 0 rings (SSSR count). The molecule has 7 heteroatoms. The molecule has 0 amide bonds. The second-order valence-corrected chi connectivity index (χ2v) is 5.49. The number of unbranched alkanes of at least 4 members (excludes halogenated alkanes) is 1. The highest BCUT2D eigenvalue weighted by atomic mass is 79.9. The number of carbonyl (C=O) groups is 1. The third-order valence-electron chi connectivity index (χ3n) is 2.59. The lowest BCUT2D eigenvalue weighted by atomic mass is 10.4. The lowest BCUT2D eigenvalue weighted by molar-refractivity contribution is -0.139. The fourth-order valence-corrected chi connectivity index (χ4v) is 1.79. The predicted molar refractivity (Wildman–Crippen MR) is 85.0 cm³/mol. The van der Waals surface area contributed by atoms with Crippen LogP contribution in [0.5, 0.6) is 0 Å². The highest BCUT2D eigenvalue weighted by Crippen LogP contribution is 1.99. The molecule has 0 aliphatic heterocycles. The molecule has 0 fully saturated rings. The summed E-state index contributed by atoms with van der Waals surface area (Å²) in [6.45, 7) is 7.10. The molecule has 0 aromatic carbocycles. The van der Waals surface area contributed by atoms with E-state index in [1.54, 1.807) is 0 Å². The van der Waals surface area contributed by atoms with Gasteiger partial charge in [0.2, 0.25) is 0 Å². The van der Waals surface area contributed by atoms with E-state index in [0.717, 1.165) is 19.4 Å². The van der Waals surface area contributed by atoms with E-state index in [9.17, 15) is 4.79 Å². The Morgan fingerprint density at radius 1 is 1.05 bits per heavy atom. The van der Waals surface area contributed by atoms with Gasteiger partial charge >= 0.3 is 5.97 Å². The van der Waals surface area contributed by atoms with Crippen molar-refractivity contribution in [2.24, 2.45) is 0 Å². The SMILES string of the molecule is CCCCOCCOCCOCCNCC(Br)C(=O)OC. The van der Waals surface area contributed by atoms with Gasteiger partial charge in [-0.05, 0) is 6.42 Å². The Kier molecular flexibility index (Phi) is 16.0. The van der Waals surface area contributed by atoms with Crippen LogP contribution in [0, 0.1) is 0 Å². The largest absolute Gasteiger partial charge is 0.468 e. The van der Waals surface area contributed by atoms with Gasteiger partial charge in [-0.1, -0.05) is 29.3 Å². The van der Waals surface area contributed by atoms with Crippen LogP contribution in [0.1, 0.15) is 19.8 Å². The first kappa shape index (κ1) is 20.8. The number of methoxy groups -OCH3 is 1.